The molecule has 18 heavy (non-hydrogen) atoms. The van der Waals surface area contributed by atoms with E-state index >= 15 is 0 Å². The van der Waals surface area contributed by atoms with Crippen molar-refractivity contribution < 1.29 is 0 Å². The van der Waals surface area contributed by atoms with Gasteiger partial charge in [-0.25, -0.2) is 0 Å². The third-order valence-corrected chi connectivity index (χ3v) is 3.46. The minimum Gasteiger partial charge on any atom is -0.0622 e. The third-order valence-electron chi connectivity index (χ3n) is 3.46. The molecule has 0 heteroatoms. The molecule has 0 saturated carbocycles. The molecular formula is C18H16. The van der Waals surface area contributed by atoms with E-state index in [9.17, 15) is 0 Å². The average molecular weight is 232 g/mol. The molecule has 0 N–H and O–H groups in total. The van der Waals surface area contributed by atoms with Crippen LogP contribution in [0, 0.1) is 0 Å². The van der Waals surface area contributed by atoms with Gasteiger partial charge in [-0.15, -0.1) is 0 Å². The number of rotatable bonds is 2. The van der Waals surface area contributed by atoms with Crippen molar-refractivity contribution in [3.8, 4) is 0 Å². The summed E-state index contributed by atoms with van der Waals surface area (Å²) in [7, 11) is 0. The second kappa shape index (κ2) is 4.66. The van der Waals surface area contributed by atoms with Gasteiger partial charge in [-0.2, -0.15) is 0 Å². The summed E-state index contributed by atoms with van der Waals surface area (Å²) >= 11 is 0. The smallest absolute Gasteiger partial charge is 0.00545 e. The van der Waals surface area contributed by atoms with Gasteiger partial charge in [0.2, 0.25) is 0 Å². The Morgan fingerprint density at radius 2 is 1.28 bits per heavy atom. The van der Waals surface area contributed by atoms with Crippen LogP contribution in [0.1, 0.15) is 24.5 Å². The van der Waals surface area contributed by atoms with Crippen LogP contribution in [0.3, 0.4) is 0 Å². The Labute approximate surface area is 108 Å². The Morgan fingerprint density at radius 3 is 1.89 bits per heavy atom. The molecule has 0 aliphatic heterocycles. The molecule has 0 unspecified atom stereocenters. The zero-order valence-electron chi connectivity index (χ0n) is 10.6. The fraction of sp³-hybridized carbons (Fsp3) is 0.111. The zero-order chi connectivity index (χ0) is 12.4. The lowest BCUT2D eigenvalue weighted by Crippen LogP contribution is -1.80. The molecule has 2 aromatic carbocycles. The van der Waals surface area contributed by atoms with Gasteiger partial charge in [0.1, 0.15) is 0 Å². The lowest BCUT2D eigenvalue weighted by atomic mass is 10.0. The number of allylic oxidation sites excluding steroid dienone is 4. The molecule has 0 bridgehead atoms. The molecule has 1 aliphatic carbocycles. The molecule has 0 saturated heterocycles. The van der Waals surface area contributed by atoms with Crippen LogP contribution in [-0.4, -0.2) is 0 Å². The Morgan fingerprint density at radius 1 is 0.722 bits per heavy atom. The minimum absolute atomic E-state index is 1.06. The maximum absolute atomic E-state index is 2.33. The summed E-state index contributed by atoms with van der Waals surface area (Å²) in [6.07, 6.45) is 3.40. The van der Waals surface area contributed by atoms with E-state index < -0.39 is 0 Å². The molecule has 0 spiro atoms. The van der Waals surface area contributed by atoms with Crippen LogP contribution in [0.15, 0.2) is 72.3 Å². The van der Waals surface area contributed by atoms with Crippen LogP contribution in [0.5, 0.6) is 0 Å². The van der Waals surface area contributed by atoms with Crippen LogP contribution >= 0.6 is 0 Å². The summed E-state index contributed by atoms with van der Waals surface area (Å²) in [5.74, 6) is 0. The monoisotopic (exact) mass is 232 g/mol. The van der Waals surface area contributed by atoms with E-state index in [-0.39, 0.29) is 0 Å². The predicted molar refractivity (Wildman–Crippen MR) is 78.1 cm³/mol. The molecule has 2 aromatic rings. The highest BCUT2D eigenvalue weighted by Crippen LogP contribution is 2.36. The fourth-order valence-electron chi connectivity index (χ4n) is 2.51. The van der Waals surface area contributed by atoms with Gasteiger partial charge in [-0.05, 0) is 35.6 Å². The van der Waals surface area contributed by atoms with Crippen molar-refractivity contribution in [1.29, 1.82) is 0 Å². The topological polar surface area (TPSA) is 0 Å². The highest BCUT2D eigenvalue weighted by molar-refractivity contribution is 5.91. The maximum Gasteiger partial charge on any atom is -0.00545 e. The van der Waals surface area contributed by atoms with Gasteiger partial charge >= 0.3 is 0 Å². The molecule has 1 aliphatic rings. The molecule has 0 nitrogen and oxygen atoms in total. The Hall–Kier alpha value is -2.08. The highest BCUT2D eigenvalue weighted by Gasteiger charge is 2.14. The standard InChI is InChI=1S/C18H16/c1-14-12-17(15-8-4-2-5-9-15)13-18(14)16-10-6-3-7-11-16/h2-11,13H,12H2,1H3. The zero-order valence-corrected chi connectivity index (χ0v) is 10.6. The Kier molecular flexibility index (Phi) is 2.85. The first-order chi connectivity index (χ1) is 8.84. The quantitative estimate of drug-likeness (QED) is 0.687. The van der Waals surface area contributed by atoms with Gasteiger partial charge in [0, 0.05) is 0 Å². The van der Waals surface area contributed by atoms with Gasteiger partial charge in [-0.3, -0.25) is 0 Å². The van der Waals surface area contributed by atoms with E-state index in [1.54, 1.807) is 0 Å². The van der Waals surface area contributed by atoms with Crippen molar-refractivity contribution in [2.45, 2.75) is 13.3 Å². The lowest BCUT2D eigenvalue weighted by molar-refractivity contribution is 1.26. The largest absolute Gasteiger partial charge is 0.0622 e. The van der Waals surface area contributed by atoms with E-state index in [0.29, 0.717) is 0 Å². The van der Waals surface area contributed by atoms with Crippen LogP contribution < -0.4 is 0 Å². The number of benzene rings is 2. The van der Waals surface area contributed by atoms with Crippen molar-refractivity contribution in [2.75, 3.05) is 0 Å². The number of hydrogen-bond donors (Lipinski definition) is 0. The van der Waals surface area contributed by atoms with Gasteiger partial charge in [0.05, 0.1) is 0 Å². The van der Waals surface area contributed by atoms with Crippen LogP contribution in [0.4, 0.5) is 0 Å². The predicted octanol–water partition coefficient (Wildman–Crippen LogP) is 4.95. The van der Waals surface area contributed by atoms with Crippen molar-refractivity contribution >= 4 is 11.1 Å². The van der Waals surface area contributed by atoms with Crippen molar-refractivity contribution in [3.05, 3.63) is 83.4 Å². The summed E-state index contributed by atoms with van der Waals surface area (Å²) in [6.45, 7) is 2.23. The molecule has 0 fully saturated rings. The molecule has 0 heterocycles. The molecule has 88 valence electrons. The summed E-state index contributed by atoms with van der Waals surface area (Å²) in [5, 5.41) is 0. The Balaban J connectivity index is 1.97. The minimum atomic E-state index is 1.06. The van der Waals surface area contributed by atoms with Crippen molar-refractivity contribution in [3.63, 3.8) is 0 Å². The van der Waals surface area contributed by atoms with Gasteiger partial charge in [-0.1, -0.05) is 72.3 Å². The second-order valence-corrected chi connectivity index (χ2v) is 4.77. The SMILES string of the molecule is CC1=C(c2ccccc2)C=C(c2ccccc2)C1. The van der Waals surface area contributed by atoms with Gasteiger partial charge < -0.3 is 0 Å². The average Bonchev–Trinajstić information content (AvgIpc) is 2.83. The summed E-state index contributed by atoms with van der Waals surface area (Å²) in [6, 6.07) is 21.3. The van der Waals surface area contributed by atoms with Crippen molar-refractivity contribution in [1.82, 2.24) is 0 Å². The van der Waals surface area contributed by atoms with E-state index in [0.717, 1.165) is 6.42 Å². The summed E-state index contributed by atoms with van der Waals surface area (Å²) < 4.78 is 0. The fourth-order valence-corrected chi connectivity index (χ4v) is 2.51. The van der Waals surface area contributed by atoms with E-state index in [1.165, 1.54) is 27.8 Å². The molecule has 0 atom stereocenters. The summed E-state index contributed by atoms with van der Waals surface area (Å²) in [5.41, 5.74) is 6.92. The summed E-state index contributed by atoms with van der Waals surface area (Å²) in [4.78, 5) is 0. The van der Waals surface area contributed by atoms with Gasteiger partial charge in [0.25, 0.3) is 0 Å². The molecular weight excluding hydrogens is 216 g/mol. The second-order valence-electron chi connectivity index (χ2n) is 4.77. The molecule has 0 radical (unpaired) electrons. The number of hydrogen-bond acceptors (Lipinski definition) is 0. The third kappa shape index (κ3) is 2.02. The van der Waals surface area contributed by atoms with E-state index in [4.69, 9.17) is 0 Å². The highest BCUT2D eigenvalue weighted by atomic mass is 14.2. The van der Waals surface area contributed by atoms with Crippen molar-refractivity contribution in [2.24, 2.45) is 0 Å². The normalized spacial score (nSPS) is 14.8. The van der Waals surface area contributed by atoms with Crippen LogP contribution in [0.25, 0.3) is 11.1 Å². The first-order valence-corrected chi connectivity index (χ1v) is 6.36. The first-order valence-electron chi connectivity index (χ1n) is 6.36. The molecule has 0 amide bonds. The lowest BCUT2D eigenvalue weighted by Gasteiger charge is -2.01. The van der Waals surface area contributed by atoms with Gasteiger partial charge in [0.15, 0.2) is 0 Å². The van der Waals surface area contributed by atoms with E-state index in [2.05, 4.69) is 73.7 Å². The maximum atomic E-state index is 2.33. The van der Waals surface area contributed by atoms with Crippen LogP contribution in [-0.2, 0) is 0 Å². The first kappa shape index (κ1) is 11.0. The Bertz CT molecular complexity index is 601. The van der Waals surface area contributed by atoms with Crippen LogP contribution in [0.2, 0.25) is 0 Å². The van der Waals surface area contributed by atoms with E-state index in [1.807, 2.05) is 0 Å². The molecule has 3 rings (SSSR count). The molecule has 0 aromatic heterocycles.